The van der Waals surface area contributed by atoms with Gasteiger partial charge in [0.2, 0.25) is 11.7 Å². The Morgan fingerprint density at radius 3 is 2.48 bits per heavy atom. The first-order chi connectivity index (χ1) is 12.9. The lowest BCUT2D eigenvalue weighted by Gasteiger charge is -2.09. The first kappa shape index (κ1) is 16.9. The van der Waals surface area contributed by atoms with Crippen molar-refractivity contribution in [2.45, 2.75) is 6.54 Å². The van der Waals surface area contributed by atoms with Crippen LogP contribution >= 0.6 is 11.6 Å². The molecule has 1 aliphatic rings. The summed E-state index contributed by atoms with van der Waals surface area (Å²) in [5, 5.41) is 15.3. The van der Waals surface area contributed by atoms with E-state index in [1.807, 2.05) is 0 Å². The first-order valence-electron chi connectivity index (χ1n) is 7.67. The van der Waals surface area contributed by atoms with Crippen molar-refractivity contribution in [3.8, 4) is 11.4 Å². The number of rotatable bonds is 4. The highest BCUT2D eigenvalue weighted by Gasteiger charge is 2.37. The van der Waals surface area contributed by atoms with E-state index in [-0.39, 0.29) is 35.1 Å². The van der Waals surface area contributed by atoms with Gasteiger partial charge in [-0.05, 0) is 30.3 Å². The van der Waals surface area contributed by atoms with Crippen LogP contribution in [0.4, 0.5) is 5.69 Å². The fraction of sp³-hybridized carbons (Fsp3) is 0.0588. The Morgan fingerprint density at radius 2 is 1.78 bits per heavy atom. The fourth-order valence-corrected chi connectivity index (χ4v) is 2.83. The van der Waals surface area contributed by atoms with E-state index in [9.17, 15) is 19.7 Å². The van der Waals surface area contributed by atoms with Crippen LogP contribution < -0.4 is 0 Å². The highest BCUT2D eigenvalue weighted by molar-refractivity contribution is 6.30. The SMILES string of the molecule is O=C1c2ccc([N+](=O)[O-])cc2C(=O)N1Cc1nc(-c2ccc(Cl)cc2)no1. The Kier molecular flexibility index (Phi) is 3.93. The van der Waals surface area contributed by atoms with Crippen molar-refractivity contribution >= 4 is 29.1 Å². The van der Waals surface area contributed by atoms with Crippen LogP contribution in [0.2, 0.25) is 5.02 Å². The van der Waals surface area contributed by atoms with Crippen LogP contribution in [0.25, 0.3) is 11.4 Å². The van der Waals surface area contributed by atoms with E-state index in [0.29, 0.717) is 10.6 Å². The molecule has 2 amide bonds. The van der Waals surface area contributed by atoms with Crippen molar-refractivity contribution in [2.24, 2.45) is 0 Å². The number of nitro benzene ring substituents is 1. The number of halogens is 1. The Hall–Kier alpha value is -3.59. The van der Waals surface area contributed by atoms with Gasteiger partial charge < -0.3 is 4.52 Å². The number of amides is 2. The molecule has 0 atom stereocenters. The minimum atomic E-state index is -0.648. The molecule has 0 bridgehead atoms. The smallest absolute Gasteiger partial charge is 0.270 e. The second-order valence-corrected chi connectivity index (χ2v) is 6.14. The second kappa shape index (κ2) is 6.29. The zero-order valence-corrected chi connectivity index (χ0v) is 14.2. The van der Waals surface area contributed by atoms with E-state index in [1.54, 1.807) is 24.3 Å². The van der Waals surface area contributed by atoms with Crippen molar-refractivity contribution in [1.29, 1.82) is 0 Å². The van der Waals surface area contributed by atoms with Crippen molar-refractivity contribution < 1.29 is 19.0 Å². The topological polar surface area (TPSA) is 119 Å². The van der Waals surface area contributed by atoms with Gasteiger partial charge in [-0.2, -0.15) is 4.98 Å². The molecule has 27 heavy (non-hydrogen) atoms. The number of benzene rings is 2. The molecule has 1 aromatic heterocycles. The van der Waals surface area contributed by atoms with Gasteiger partial charge in [0.25, 0.3) is 17.5 Å². The Balaban J connectivity index is 1.58. The lowest BCUT2D eigenvalue weighted by atomic mass is 10.1. The summed E-state index contributed by atoms with van der Waals surface area (Å²) in [6.45, 7) is -0.235. The maximum absolute atomic E-state index is 12.5. The summed E-state index contributed by atoms with van der Waals surface area (Å²) in [6.07, 6.45) is 0. The van der Waals surface area contributed by atoms with Gasteiger partial charge in [0.05, 0.1) is 16.1 Å². The van der Waals surface area contributed by atoms with E-state index in [4.69, 9.17) is 16.1 Å². The van der Waals surface area contributed by atoms with Gasteiger partial charge in [-0.3, -0.25) is 24.6 Å². The van der Waals surface area contributed by atoms with Crippen LogP contribution in [0.1, 0.15) is 26.6 Å². The monoisotopic (exact) mass is 384 g/mol. The maximum Gasteiger partial charge on any atom is 0.270 e. The predicted octanol–water partition coefficient (Wildman–Crippen LogP) is 3.09. The Bertz CT molecular complexity index is 1090. The minimum Gasteiger partial charge on any atom is -0.337 e. The number of non-ortho nitro benzene ring substituents is 1. The van der Waals surface area contributed by atoms with Crippen molar-refractivity contribution in [1.82, 2.24) is 15.0 Å². The number of fused-ring (bicyclic) bond motifs is 1. The van der Waals surface area contributed by atoms with Gasteiger partial charge in [-0.15, -0.1) is 0 Å². The molecule has 4 rings (SSSR count). The lowest BCUT2D eigenvalue weighted by molar-refractivity contribution is -0.384. The zero-order valence-electron chi connectivity index (χ0n) is 13.5. The number of nitrogens with zero attached hydrogens (tertiary/aromatic N) is 4. The van der Waals surface area contributed by atoms with Gasteiger partial charge in [0.1, 0.15) is 6.54 Å². The van der Waals surface area contributed by atoms with E-state index < -0.39 is 16.7 Å². The summed E-state index contributed by atoms with van der Waals surface area (Å²) in [6, 6.07) is 10.3. The van der Waals surface area contributed by atoms with Crippen molar-refractivity contribution in [2.75, 3.05) is 0 Å². The van der Waals surface area contributed by atoms with Crippen LogP contribution in [0.3, 0.4) is 0 Å². The molecule has 10 heteroatoms. The van der Waals surface area contributed by atoms with Gasteiger partial charge in [-0.1, -0.05) is 16.8 Å². The minimum absolute atomic E-state index is 0.0216. The Morgan fingerprint density at radius 1 is 1.07 bits per heavy atom. The molecule has 0 saturated heterocycles. The quantitative estimate of drug-likeness (QED) is 0.385. The first-order valence-corrected chi connectivity index (χ1v) is 8.05. The number of carbonyl (C=O) groups excluding carboxylic acids is 2. The van der Waals surface area contributed by atoms with Crippen molar-refractivity contribution in [3.63, 3.8) is 0 Å². The summed E-state index contributed by atoms with van der Waals surface area (Å²) < 4.78 is 5.12. The third-order valence-corrected chi connectivity index (χ3v) is 4.28. The number of hydrogen-bond acceptors (Lipinski definition) is 7. The van der Waals surface area contributed by atoms with E-state index in [1.165, 1.54) is 12.1 Å². The van der Waals surface area contributed by atoms with Gasteiger partial charge >= 0.3 is 0 Å². The van der Waals surface area contributed by atoms with Gasteiger partial charge in [0.15, 0.2) is 0 Å². The molecule has 0 unspecified atom stereocenters. The number of carbonyl (C=O) groups is 2. The fourth-order valence-electron chi connectivity index (χ4n) is 2.71. The van der Waals surface area contributed by atoms with Crippen LogP contribution in [0.15, 0.2) is 47.0 Å². The summed E-state index contributed by atoms with van der Waals surface area (Å²) in [4.78, 5) is 40.2. The van der Waals surface area contributed by atoms with Crippen LogP contribution in [0.5, 0.6) is 0 Å². The maximum atomic E-state index is 12.5. The number of nitro groups is 1. The van der Waals surface area contributed by atoms with E-state index in [2.05, 4.69) is 10.1 Å². The van der Waals surface area contributed by atoms with Crippen LogP contribution in [-0.4, -0.2) is 31.8 Å². The van der Waals surface area contributed by atoms with Crippen LogP contribution in [-0.2, 0) is 6.54 Å². The largest absolute Gasteiger partial charge is 0.337 e. The average molecular weight is 385 g/mol. The van der Waals surface area contributed by atoms with Gasteiger partial charge in [0, 0.05) is 22.7 Å². The standard InChI is InChI=1S/C17H9ClN4O5/c18-10-3-1-9(2-4-10)15-19-14(27-20-15)8-21-16(23)12-6-5-11(22(25)26)7-13(12)17(21)24/h1-7H,8H2. The summed E-state index contributed by atoms with van der Waals surface area (Å²) in [5.41, 5.74) is 0.474. The summed E-state index contributed by atoms with van der Waals surface area (Å²) in [7, 11) is 0. The third kappa shape index (κ3) is 2.93. The third-order valence-electron chi connectivity index (χ3n) is 4.03. The molecule has 0 radical (unpaired) electrons. The molecule has 0 spiro atoms. The normalized spacial score (nSPS) is 13.1. The average Bonchev–Trinajstić information content (AvgIpc) is 3.21. The molecule has 9 nitrogen and oxygen atoms in total. The van der Waals surface area contributed by atoms with E-state index in [0.717, 1.165) is 11.0 Å². The molecule has 134 valence electrons. The molecule has 0 aliphatic carbocycles. The molecule has 1 aliphatic heterocycles. The highest BCUT2D eigenvalue weighted by Crippen LogP contribution is 2.28. The molecular formula is C17H9ClN4O5. The van der Waals surface area contributed by atoms with Gasteiger partial charge in [-0.25, -0.2) is 0 Å². The summed E-state index contributed by atoms with van der Waals surface area (Å²) in [5.74, 6) is -0.876. The predicted molar refractivity (Wildman–Crippen MR) is 92.0 cm³/mol. The highest BCUT2D eigenvalue weighted by atomic mass is 35.5. The number of aromatic nitrogens is 2. The molecule has 0 saturated carbocycles. The van der Waals surface area contributed by atoms with Crippen molar-refractivity contribution in [3.05, 3.63) is 74.6 Å². The molecule has 0 N–H and O–H groups in total. The lowest BCUT2D eigenvalue weighted by Crippen LogP contribution is -2.29. The van der Waals surface area contributed by atoms with E-state index >= 15 is 0 Å². The molecule has 2 aromatic carbocycles. The second-order valence-electron chi connectivity index (χ2n) is 5.70. The number of hydrogen-bond donors (Lipinski definition) is 0. The molecular weight excluding hydrogens is 376 g/mol. The Labute approximate surface area is 156 Å². The molecule has 2 heterocycles. The van der Waals surface area contributed by atoms with Crippen LogP contribution in [0, 0.1) is 10.1 Å². The zero-order chi connectivity index (χ0) is 19.1. The molecule has 3 aromatic rings. The number of imide groups is 1. The summed E-state index contributed by atoms with van der Waals surface area (Å²) >= 11 is 5.84. The molecule has 0 fully saturated rings.